The van der Waals surface area contributed by atoms with Crippen LogP contribution in [0.1, 0.15) is 38.3 Å². The van der Waals surface area contributed by atoms with E-state index in [2.05, 4.69) is 5.32 Å². The maximum Gasteiger partial charge on any atom is 0.416 e. The van der Waals surface area contributed by atoms with Crippen LogP contribution in [0.15, 0.2) is 24.3 Å². The Labute approximate surface area is 130 Å². The molecule has 7 heteroatoms. The first-order chi connectivity index (χ1) is 9.97. The predicted molar refractivity (Wildman–Crippen MR) is 80.7 cm³/mol. The average Bonchev–Trinajstić information content (AvgIpc) is 2.34. The van der Waals surface area contributed by atoms with E-state index in [1.165, 1.54) is 12.1 Å². The zero-order valence-electron chi connectivity index (χ0n) is 12.8. The lowest BCUT2D eigenvalue weighted by Gasteiger charge is -2.20. The van der Waals surface area contributed by atoms with Crippen molar-refractivity contribution < 1.29 is 22.2 Å². The van der Waals surface area contributed by atoms with Crippen LogP contribution < -0.4 is 5.32 Å². The summed E-state index contributed by atoms with van der Waals surface area (Å²) in [5.74, 6) is 0.136. The second kappa shape index (κ2) is 7.26. The largest absolute Gasteiger partial charge is 0.416 e. The number of amides is 1. The summed E-state index contributed by atoms with van der Waals surface area (Å²) in [7, 11) is -1.29. The maximum atomic E-state index is 12.4. The third-order valence-corrected chi connectivity index (χ3v) is 3.99. The number of halogens is 3. The molecule has 0 unspecified atom stereocenters. The van der Waals surface area contributed by atoms with E-state index in [1.807, 2.05) is 20.8 Å². The molecule has 0 bridgehead atoms. The van der Waals surface area contributed by atoms with Gasteiger partial charge in [-0.2, -0.15) is 13.2 Å². The minimum absolute atomic E-state index is 0.129. The van der Waals surface area contributed by atoms with Crippen molar-refractivity contribution in [2.75, 3.05) is 5.75 Å². The van der Waals surface area contributed by atoms with Crippen molar-refractivity contribution in [2.24, 2.45) is 0 Å². The lowest BCUT2D eigenvalue weighted by Crippen LogP contribution is -2.41. The van der Waals surface area contributed by atoms with Crippen molar-refractivity contribution in [3.05, 3.63) is 35.4 Å². The summed E-state index contributed by atoms with van der Waals surface area (Å²) in [6.07, 6.45) is -4.24. The molecule has 124 valence electrons. The molecule has 1 aromatic carbocycles. The second-order valence-electron chi connectivity index (χ2n) is 6.03. The van der Waals surface area contributed by atoms with E-state index in [0.29, 0.717) is 5.56 Å². The van der Waals surface area contributed by atoms with Crippen LogP contribution in [0.5, 0.6) is 0 Å². The molecule has 0 heterocycles. The van der Waals surface area contributed by atoms with Crippen LogP contribution in [-0.2, 0) is 27.5 Å². The van der Waals surface area contributed by atoms with Gasteiger partial charge in [-0.25, -0.2) is 0 Å². The second-order valence-corrected chi connectivity index (χ2v) is 7.61. The lowest BCUT2D eigenvalue weighted by molar-refractivity contribution is -0.137. The van der Waals surface area contributed by atoms with Crippen LogP contribution in [-0.4, -0.2) is 21.4 Å². The van der Waals surface area contributed by atoms with Gasteiger partial charge < -0.3 is 5.32 Å². The van der Waals surface area contributed by atoms with Crippen LogP contribution in [0.3, 0.4) is 0 Å². The Morgan fingerprint density at radius 2 is 1.68 bits per heavy atom. The van der Waals surface area contributed by atoms with Gasteiger partial charge >= 0.3 is 6.18 Å². The number of benzene rings is 1. The molecule has 1 N–H and O–H groups in total. The Kier molecular flexibility index (Phi) is 6.17. The molecule has 0 spiro atoms. The Morgan fingerprint density at radius 1 is 1.14 bits per heavy atom. The number of alkyl halides is 3. The Morgan fingerprint density at radius 3 is 2.14 bits per heavy atom. The Balaban J connectivity index is 2.47. The standard InChI is InChI=1S/C15H20F3NO2S/c1-14(2,3)19-13(20)8-9-22(21)10-11-4-6-12(7-5-11)15(16,17)18/h4-7H,8-10H2,1-3H3,(H,19,20)/t22-/m0/s1. The van der Waals surface area contributed by atoms with Gasteiger partial charge in [0.25, 0.3) is 0 Å². The van der Waals surface area contributed by atoms with E-state index >= 15 is 0 Å². The van der Waals surface area contributed by atoms with Crippen molar-refractivity contribution in [3.8, 4) is 0 Å². The minimum Gasteiger partial charge on any atom is -0.351 e. The topological polar surface area (TPSA) is 46.2 Å². The molecule has 3 nitrogen and oxygen atoms in total. The molecule has 1 atom stereocenters. The molecule has 0 saturated carbocycles. The summed E-state index contributed by atoms with van der Waals surface area (Å²) in [5, 5.41) is 2.76. The Bertz CT molecular complexity index is 533. The Hall–Kier alpha value is -1.37. The van der Waals surface area contributed by atoms with E-state index in [4.69, 9.17) is 0 Å². The van der Waals surface area contributed by atoms with E-state index in [0.717, 1.165) is 12.1 Å². The predicted octanol–water partition coefficient (Wildman–Crippen LogP) is 3.26. The highest BCUT2D eigenvalue weighted by Gasteiger charge is 2.29. The first-order valence-electron chi connectivity index (χ1n) is 6.79. The van der Waals surface area contributed by atoms with Gasteiger partial charge in [0.2, 0.25) is 5.91 Å². The third-order valence-electron chi connectivity index (χ3n) is 2.68. The summed E-state index contributed by atoms with van der Waals surface area (Å²) < 4.78 is 49.1. The molecule has 0 aliphatic rings. The van der Waals surface area contributed by atoms with Gasteiger partial charge in [0, 0.05) is 34.3 Å². The quantitative estimate of drug-likeness (QED) is 0.898. The number of hydrogen-bond acceptors (Lipinski definition) is 2. The molecule has 1 rings (SSSR count). The number of hydrogen-bond donors (Lipinski definition) is 1. The summed E-state index contributed by atoms with van der Waals surface area (Å²) in [6.45, 7) is 5.55. The smallest absolute Gasteiger partial charge is 0.351 e. The number of carbonyl (C=O) groups excluding carboxylic acids is 1. The number of rotatable bonds is 5. The molecule has 0 aliphatic carbocycles. The zero-order chi connectivity index (χ0) is 17.0. The molecule has 0 aliphatic heterocycles. The van der Waals surface area contributed by atoms with Crippen LogP contribution in [0.25, 0.3) is 0 Å². The van der Waals surface area contributed by atoms with Gasteiger partial charge in [-0.05, 0) is 38.5 Å². The van der Waals surface area contributed by atoms with Gasteiger partial charge in [-0.3, -0.25) is 9.00 Å². The molecule has 22 heavy (non-hydrogen) atoms. The average molecular weight is 335 g/mol. The van der Waals surface area contributed by atoms with Gasteiger partial charge in [0.1, 0.15) is 0 Å². The molecule has 1 aromatic rings. The van der Waals surface area contributed by atoms with E-state index in [-0.39, 0.29) is 29.4 Å². The van der Waals surface area contributed by atoms with E-state index < -0.39 is 22.5 Å². The summed E-state index contributed by atoms with van der Waals surface area (Å²) in [5.41, 5.74) is -0.513. The molecular formula is C15H20F3NO2S. The summed E-state index contributed by atoms with van der Waals surface area (Å²) in [4.78, 5) is 11.6. The maximum absolute atomic E-state index is 12.4. The van der Waals surface area contributed by atoms with Crippen LogP contribution in [0.4, 0.5) is 13.2 Å². The normalized spacial score (nSPS) is 13.7. The fraction of sp³-hybridized carbons (Fsp3) is 0.533. The molecule has 1 amide bonds. The fourth-order valence-electron chi connectivity index (χ4n) is 1.74. The first kappa shape index (κ1) is 18.7. The van der Waals surface area contributed by atoms with Gasteiger partial charge in [0.05, 0.1) is 5.56 Å². The molecule has 0 fully saturated rings. The molecule has 0 saturated heterocycles. The molecule has 0 radical (unpaired) electrons. The van der Waals surface area contributed by atoms with E-state index in [9.17, 15) is 22.2 Å². The van der Waals surface area contributed by atoms with Crippen molar-refractivity contribution in [1.29, 1.82) is 0 Å². The van der Waals surface area contributed by atoms with Crippen molar-refractivity contribution >= 4 is 16.7 Å². The fourth-order valence-corrected chi connectivity index (χ4v) is 2.86. The lowest BCUT2D eigenvalue weighted by atomic mass is 10.1. The monoisotopic (exact) mass is 335 g/mol. The number of carbonyl (C=O) groups is 1. The third kappa shape index (κ3) is 7.06. The van der Waals surface area contributed by atoms with Crippen LogP contribution >= 0.6 is 0 Å². The van der Waals surface area contributed by atoms with Crippen molar-refractivity contribution in [1.82, 2.24) is 5.32 Å². The molecular weight excluding hydrogens is 315 g/mol. The van der Waals surface area contributed by atoms with Crippen molar-refractivity contribution in [3.63, 3.8) is 0 Å². The minimum atomic E-state index is -4.37. The van der Waals surface area contributed by atoms with Crippen LogP contribution in [0.2, 0.25) is 0 Å². The van der Waals surface area contributed by atoms with Gasteiger partial charge in [0.15, 0.2) is 0 Å². The van der Waals surface area contributed by atoms with Gasteiger partial charge in [-0.1, -0.05) is 12.1 Å². The highest BCUT2D eigenvalue weighted by Crippen LogP contribution is 2.29. The van der Waals surface area contributed by atoms with E-state index in [1.54, 1.807) is 0 Å². The summed E-state index contributed by atoms with van der Waals surface area (Å²) in [6, 6.07) is 4.57. The first-order valence-corrected chi connectivity index (χ1v) is 8.28. The van der Waals surface area contributed by atoms with Crippen LogP contribution in [0, 0.1) is 0 Å². The number of nitrogens with one attached hydrogen (secondary N) is 1. The highest BCUT2D eigenvalue weighted by atomic mass is 32.2. The van der Waals surface area contributed by atoms with Crippen molar-refractivity contribution in [2.45, 2.75) is 44.7 Å². The summed E-state index contributed by atoms with van der Waals surface area (Å²) >= 11 is 0. The zero-order valence-corrected chi connectivity index (χ0v) is 13.6. The molecule has 0 aromatic heterocycles. The van der Waals surface area contributed by atoms with Gasteiger partial charge in [-0.15, -0.1) is 0 Å². The SMILES string of the molecule is CC(C)(C)NC(=O)CC[S@](=O)Cc1ccc(C(F)(F)F)cc1. The highest BCUT2D eigenvalue weighted by molar-refractivity contribution is 7.84.